The van der Waals surface area contributed by atoms with E-state index in [1.54, 1.807) is 24.3 Å². The number of hydrogen-bond donors (Lipinski definition) is 0. The van der Waals surface area contributed by atoms with Gasteiger partial charge in [0.05, 0.1) is 31.1 Å². The van der Waals surface area contributed by atoms with Crippen LogP contribution < -0.4 is 14.4 Å². The first kappa shape index (κ1) is 22.8. The molecule has 0 spiro atoms. The van der Waals surface area contributed by atoms with E-state index in [9.17, 15) is 14.4 Å². The summed E-state index contributed by atoms with van der Waals surface area (Å²) in [5.41, 5.74) is 0.567. The van der Waals surface area contributed by atoms with Gasteiger partial charge in [0.1, 0.15) is 29.4 Å². The number of fused-ring (bicyclic) bond motifs is 1. The minimum atomic E-state index is -0.675. The molecule has 0 atom stereocenters. The van der Waals surface area contributed by atoms with E-state index in [0.29, 0.717) is 30.4 Å². The molecule has 33 heavy (non-hydrogen) atoms. The van der Waals surface area contributed by atoms with Crippen LogP contribution in [0.3, 0.4) is 0 Å². The van der Waals surface area contributed by atoms with Crippen molar-refractivity contribution in [2.45, 2.75) is 18.9 Å². The third-order valence-corrected chi connectivity index (χ3v) is 5.53. The summed E-state index contributed by atoms with van der Waals surface area (Å²) in [6, 6.07) is 9.70. The fourth-order valence-electron chi connectivity index (χ4n) is 3.71. The first-order chi connectivity index (χ1) is 16.0. The lowest BCUT2D eigenvalue weighted by molar-refractivity contribution is -0.114. The highest BCUT2D eigenvalue weighted by atomic mass is 16.5. The molecule has 2 aliphatic heterocycles. The van der Waals surface area contributed by atoms with Gasteiger partial charge < -0.3 is 28.6 Å². The maximum atomic E-state index is 12.3. The van der Waals surface area contributed by atoms with Crippen molar-refractivity contribution in [1.82, 2.24) is 0 Å². The van der Waals surface area contributed by atoms with Gasteiger partial charge in [-0.3, -0.25) is 9.59 Å². The summed E-state index contributed by atoms with van der Waals surface area (Å²) >= 11 is 0. The van der Waals surface area contributed by atoms with Crippen LogP contribution in [0.25, 0.3) is 0 Å². The smallest absolute Gasteiger partial charge is 0.341 e. The summed E-state index contributed by atoms with van der Waals surface area (Å²) in [7, 11) is 2.72. The molecule has 9 nitrogen and oxygen atoms in total. The second-order valence-corrected chi connectivity index (χ2v) is 7.65. The van der Waals surface area contributed by atoms with Gasteiger partial charge in [0.15, 0.2) is 0 Å². The second kappa shape index (κ2) is 10.0. The molecule has 0 unspecified atom stereocenters. The molecule has 0 bridgehead atoms. The van der Waals surface area contributed by atoms with Gasteiger partial charge >= 0.3 is 5.97 Å². The molecule has 0 saturated carbocycles. The molecular formula is C24H25NO8. The summed E-state index contributed by atoms with van der Waals surface area (Å²) in [6.45, 7) is 2.38. The molecule has 0 aliphatic carbocycles. The number of carbonyl (C=O) groups excluding carboxylic acids is 3. The van der Waals surface area contributed by atoms with Gasteiger partial charge in [-0.25, -0.2) is 4.79 Å². The van der Waals surface area contributed by atoms with Gasteiger partial charge in [0.25, 0.3) is 11.7 Å². The highest BCUT2D eigenvalue weighted by Gasteiger charge is 2.35. The van der Waals surface area contributed by atoms with E-state index in [0.717, 1.165) is 26.1 Å². The number of esters is 1. The summed E-state index contributed by atoms with van der Waals surface area (Å²) in [4.78, 5) is 37.7. The van der Waals surface area contributed by atoms with E-state index in [1.165, 1.54) is 31.2 Å². The Hall–Kier alpha value is -3.43. The Morgan fingerprint density at radius 1 is 1.06 bits per heavy atom. The predicted molar refractivity (Wildman–Crippen MR) is 117 cm³/mol. The van der Waals surface area contributed by atoms with Crippen molar-refractivity contribution in [3.63, 3.8) is 0 Å². The third-order valence-electron chi connectivity index (χ3n) is 5.53. The molecule has 4 rings (SSSR count). The normalized spacial score (nSPS) is 16.0. The quantitative estimate of drug-likeness (QED) is 0.340. The first-order valence-electron chi connectivity index (χ1n) is 10.7. The number of hydrogen-bond acceptors (Lipinski definition) is 8. The van der Waals surface area contributed by atoms with Crippen LogP contribution in [-0.2, 0) is 19.0 Å². The minimum Gasteiger partial charge on any atom is -0.491 e. The van der Waals surface area contributed by atoms with Crippen molar-refractivity contribution in [3.8, 4) is 17.2 Å². The first-order valence-corrected chi connectivity index (χ1v) is 10.7. The van der Waals surface area contributed by atoms with Crippen LogP contribution in [0.4, 0.5) is 5.69 Å². The molecule has 1 saturated heterocycles. The Kier molecular flexibility index (Phi) is 6.90. The molecule has 2 aliphatic rings. The highest BCUT2D eigenvalue weighted by Crippen LogP contribution is 2.37. The average molecular weight is 455 g/mol. The zero-order valence-electron chi connectivity index (χ0n) is 18.5. The average Bonchev–Trinajstić information content (AvgIpc) is 3.06. The number of amides is 1. The van der Waals surface area contributed by atoms with E-state index in [4.69, 9.17) is 23.7 Å². The second-order valence-electron chi connectivity index (χ2n) is 7.65. The molecule has 0 aromatic heterocycles. The maximum absolute atomic E-state index is 12.3. The van der Waals surface area contributed by atoms with Crippen molar-refractivity contribution in [2.24, 2.45) is 0 Å². The van der Waals surface area contributed by atoms with Gasteiger partial charge in [0, 0.05) is 26.3 Å². The van der Waals surface area contributed by atoms with Crippen LogP contribution >= 0.6 is 0 Å². The summed E-state index contributed by atoms with van der Waals surface area (Å²) in [5.74, 6) is -0.743. The number of rotatable bonds is 8. The van der Waals surface area contributed by atoms with Gasteiger partial charge in [-0.05, 0) is 43.2 Å². The van der Waals surface area contributed by atoms with E-state index in [1.807, 2.05) is 0 Å². The van der Waals surface area contributed by atoms with Gasteiger partial charge in [-0.2, -0.15) is 0 Å². The minimum absolute atomic E-state index is 0.0540. The van der Waals surface area contributed by atoms with Crippen molar-refractivity contribution >= 4 is 23.3 Å². The van der Waals surface area contributed by atoms with Crippen molar-refractivity contribution in [3.05, 3.63) is 47.5 Å². The van der Waals surface area contributed by atoms with Crippen LogP contribution in [0, 0.1) is 0 Å². The zero-order valence-corrected chi connectivity index (χ0v) is 18.5. The summed E-state index contributed by atoms with van der Waals surface area (Å²) < 4.78 is 27.5. The van der Waals surface area contributed by atoms with Crippen LogP contribution in [0.2, 0.25) is 0 Å². The molecule has 2 aromatic carbocycles. The molecular weight excluding hydrogens is 430 g/mol. The van der Waals surface area contributed by atoms with Crippen molar-refractivity contribution in [2.75, 3.05) is 45.5 Å². The highest BCUT2D eigenvalue weighted by molar-refractivity contribution is 6.52. The van der Waals surface area contributed by atoms with Crippen molar-refractivity contribution in [1.29, 1.82) is 0 Å². The maximum Gasteiger partial charge on any atom is 0.341 e. The van der Waals surface area contributed by atoms with Crippen LogP contribution in [0.15, 0.2) is 36.4 Å². The summed E-state index contributed by atoms with van der Waals surface area (Å²) in [5, 5.41) is 0. The number of methoxy groups -OCH3 is 1. The number of anilines is 1. The molecule has 174 valence electrons. The van der Waals surface area contributed by atoms with Crippen molar-refractivity contribution < 1.29 is 38.1 Å². The van der Waals surface area contributed by atoms with Crippen LogP contribution in [-0.4, -0.2) is 64.3 Å². The van der Waals surface area contributed by atoms with E-state index in [2.05, 4.69) is 0 Å². The van der Waals surface area contributed by atoms with E-state index in [-0.39, 0.29) is 23.0 Å². The van der Waals surface area contributed by atoms with E-state index >= 15 is 0 Å². The SMILES string of the molecule is COC(=O)c1cc2c(cc1Oc1ccc(OCCOC3CCOCC3)cc1)N(C)C(=O)C2=O. The standard InChI is InChI=1S/C24H25NO8/c1-25-20-14-21(19(24(28)29-2)13-18(20)22(26)23(25)27)33-17-5-3-15(4-6-17)31-11-12-32-16-7-9-30-10-8-16/h3-6,13-14,16H,7-12H2,1-2H3. The Morgan fingerprint density at radius 2 is 1.76 bits per heavy atom. The van der Waals surface area contributed by atoms with Crippen LogP contribution in [0.1, 0.15) is 33.6 Å². The lowest BCUT2D eigenvalue weighted by atomic mass is 10.1. The van der Waals surface area contributed by atoms with Gasteiger partial charge in [-0.1, -0.05) is 0 Å². The fourth-order valence-corrected chi connectivity index (χ4v) is 3.71. The number of carbonyl (C=O) groups is 3. The van der Waals surface area contributed by atoms with Gasteiger partial charge in [-0.15, -0.1) is 0 Å². The number of ketones is 1. The largest absolute Gasteiger partial charge is 0.491 e. The molecule has 2 heterocycles. The molecule has 0 radical (unpaired) electrons. The molecule has 1 amide bonds. The van der Waals surface area contributed by atoms with E-state index < -0.39 is 17.7 Å². The monoisotopic (exact) mass is 455 g/mol. The van der Waals surface area contributed by atoms with Crippen LogP contribution in [0.5, 0.6) is 17.2 Å². The topological polar surface area (TPSA) is 101 Å². The number of benzene rings is 2. The fraction of sp³-hybridized carbons (Fsp3) is 0.375. The molecule has 2 aromatic rings. The molecule has 9 heteroatoms. The Bertz CT molecular complexity index is 1040. The third kappa shape index (κ3) is 4.99. The molecule has 0 N–H and O–H groups in total. The lowest BCUT2D eigenvalue weighted by Crippen LogP contribution is -2.25. The lowest BCUT2D eigenvalue weighted by Gasteiger charge is -2.22. The number of likely N-dealkylation sites (N-methyl/N-ethyl adjacent to an activating group) is 1. The predicted octanol–water partition coefficient (Wildman–Crippen LogP) is 3.00. The molecule has 1 fully saturated rings. The summed E-state index contributed by atoms with van der Waals surface area (Å²) in [6.07, 6.45) is 2.03. The Labute approximate surface area is 191 Å². The number of ether oxygens (including phenoxy) is 5. The zero-order chi connectivity index (χ0) is 23.4. The van der Waals surface area contributed by atoms with Gasteiger partial charge in [0.2, 0.25) is 0 Å². The Morgan fingerprint density at radius 3 is 2.45 bits per heavy atom. The Balaban J connectivity index is 1.41. The number of Topliss-reactive ketones (excluding diaryl/α,β-unsaturated/α-hetero) is 1. The number of nitrogens with zero attached hydrogens (tertiary/aromatic N) is 1.